The first kappa shape index (κ1) is 21.9. The number of hydrazine groups is 1. The molecule has 0 aromatic heterocycles. The van der Waals surface area contributed by atoms with Crippen LogP contribution >= 0.6 is 0 Å². The van der Waals surface area contributed by atoms with Crippen LogP contribution in [0.25, 0.3) is 0 Å². The molecule has 0 atom stereocenters. The zero-order chi connectivity index (χ0) is 20.9. The molecular weight excluding hydrogens is 373 g/mol. The van der Waals surface area contributed by atoms with Gasteiger partial charge in [0, 0.05) is 37.3 Å². The fourth-order valence-electron chi connectivity index (χ4n) is 2.85. The average molecular weight is 400 g/mol. The summed E-state index contributed by atoms with van der Waals surface area (Å²) in [6, 6.07) is 6.57. The summed E-state index contributed by atoms with van der Waals surface area (Å²) >= 11 is 0. The second-order valence-electron chi connectivity index (χ2n) is 7.36. The van der Waals surface area contributed by atoms with Gasteiger partial charge in [-0.05, 0) is 44.4 Å². The Morgan fingerprint density at radius 3 is 2.36 bits per heavy atom. The smallest absolute Gasteiger partial charge is 0.427 e. The molecule has 1 heterocycles. The number of nitrogens with one attached hydrogen (secondary N) is 1. The largest absolute Gasteiger partial charge is 0.478 e. The van der Waals surface area contributed by atoms with Crippen molar-refractivity contribution in [3.8, 4) is 5.75 Å². The van der Waals surface area contributed by atoms with Gasteiger partial charge in [0.25, 0.3) is 0 Å². The lowest BCUT2D eigenvalue weighted by atomic mass is 9.91. The molecule has 1 aromatic rings. The summed E-state index contributed by atoms with van der Waals surface area (Å²) in [5.74, 6) is 5.70. The maximum atomic E-state index is 12.9. The van der Waals surface area contributed by atoms with Crippen molar-refractivity contribution < 1.29 is 22.7 Å². The Labute approximate surface area is 162 Å². The third kappa shape index (κ3) is 5.31. The van der Waals surface area contributed by atoms with Gasteiger partial charge in [0.1, 0.15) is 5.75 Å². The normalized spacial score (nSPS) is 15.9. The number of likely N-dealkylation sites (tertiary alicyclic amines) is 1. The fraction of sp³-hybridized carbons (Fsp3) is 0.526. The molecule has 6 nitrogen and oxygen atoms in total. The fourth-order valence-corrected chi connectivity index (χ4v) is 2.85. The molecule has 2 rings (SSSR count). The number of carbonyl (C=O) groups excluding carboxylic acids is 1. The van der Waals surface area contributed by atoms with Gasteiger partial charge >= 0.3 is 6.18 Å². The maximum Gasteiger partial charge on any atom is 0.427 e. The molecular formula is C19H27F3N4O2. The Morgan fingerprint density at radius 1 is 1.25 bits per heavy atom. The molecule has 1 fully saturated rings. The third-order valence-corrected chi connectivity index (χ3v) is 4.86. The minimum Gasteiger partial charge on any atom is -0.478 e. The molecule has 0 unspecified atom stereocenters. The standard InChI is InChI=1S/C19H27F3N4O2/c1-18(2,19(20,21)22)28-16-8-6-13(7-9-16)14-11-26(12-14)17(27)5-3-4-15(10-23)25-24/h6-10,14,25H,3-5,11-12,23-24H2,1-2H3/b15-10-. The molecule has 1 aliphatic heterocycles. The van der Waals surface area contributed by atoms with E-state index in [0.717, 1.165) is 19.4 Å². The summed E-state index contributed by atoms with van der Waals surface area (Å²) in [5.41, 5.74) is 7.26. The molecule has 1 aliphatic rings. The van der Waals surface area contributed by atoms with Crippen molar-refractivity contribution in [2.75, 3.05) is 13.1 Å². The molecule has 156 valence electrons. The van der Waals surface area contributed by atoms with Gasteiger partial charge in [-0.3, -0.25) is 10.6 Å². The van der Waals surface area contributed by atoms with Gasteiger partial charge < -0.3 is 20.8 Å². The van der Waals surface area contributed by atoms with E-state index in [4.69, 9.17) is 16.3 Å². The summed E-state index contributed by atoms with van der Waals surface area (Å²) in [4.78, 5) is 13.9. The van der Waals surface area contributed by atoms with E-state index in [9.17, 15) is 18.0 Å². The first-order chi connectivity index (χ1) is 13.1. The van der Waals surface area contributed by atoms with Gasteiger partial charge in [-0.1, -0.05) is 12.1 Å². The van der Waals surface area contributed by atoms with E-state index >= 15 is 0 Å². The predicted octanol–water partition coefficient (Wildman–Crippen LogP) is 2.77. The number of allylic oxidation sites excluding steroid dienone is 1. The number of halogens is 3. The van der Waals surface area contributed by atoms with Crippen LogP contribution in [-0.2, 0) is 4.79 Å². The molecule has 1 aromatic carbocycles. The zero-order valence-electron chi connectivity index (χ0n) is 16.1. The van der Waals surface area contributed by atoms with Crippen LogP contribution in [0.1, 0.15) is 44.6 Å². The number of alkyl halides is 3. The minimum atomic E-state index is -4.46. The lowest BCUT2D eigenvalue weighted by Gasteiger charge is -2.40. The Bertz CT molecular complexity index is 696. The Balaban J connectivity index is 1.80. The highest BCUT2D eigenvalue weighted by Crippen LogP contribution is 2.35. The Kier molecular flexibility index (Phi) is 6.82. The Morgan fingerprint density at radius 2 is 1.86 bits per heavy atom. The first-order valence-corrected chi connectivity index (χ1v) is 9.08. The number of benzene rings is 1. The van der Waals surface area contributed by atoms with Gasteiger partial charge in [-0.25, -0.2) is 0 Å². The van der Waals surface area contributed by atoms with Crippen LogP contribution in [0.3, 0.4) is 0 Å². The van der Waals surface area contributed by atoms with Crippen molar-refractivity contribution in [1.29, 1.82) is 0 Å². The number of rotatable bonds is 8. The summed E-state index contributed by atoms with van der Waals surface area (Å²) < 4.78 is 43.8. The number of hydrogen-bond acceptors (Lipinski definition) is 5. The highest BCUT2D eigenvalue weighted by Gasteiger charge is 2.49. The van der Waals surface area contributed by atoms with Crippen LogP contribution in [-0.4, -0.2) is 35.7 Å². The molecule has 0 bridgehead atoms. The molecule has 9 heteroatoms. The van der Waals surface area contributed by atoms with Crippen molar-refractivity contribution in [2.45, 2.75) is 50.8 Å². The highest BCUT2D eigenvalue weighted by atomic mass is 19.4. The van der Waals surface area contributed by atoms with Gasteiger partial charge in [0.05, 0.1) is 0 Å². The van der Waals surface area contributed by atoms with E-state index < -0.39 is 11.8 Å². The van der Waals surface area contributed by atoms with E-state index in [-0.39, 0.29) is 17.6 Å². The Hall–Kier alpha value is -2.42. The predicted molar refractivity (Wildman–Crippen MR) is 100.0 cm³/mol. The summed E-state index contributed by atoms with van der Waals surface area (Å²) in [5, 5.41) is 0. The number of nitrogens with zero attached hydrogens (tertiary/aromatic N) is 1. The van der Waals surface area contributed by atoms with E-state index in [0.29, 0.717) is 38.0 Å². The topological polar surface area (TPSA) is 93.6 Å². The van der Waals surface area contributed by atoms with Crippen LogP contribution in [0.2, 0.25) is 0 Å². The van der Waals surface area contributed by atoms with Crippen molar-refractivity contribution >= 4 is 5.91 Å². The molecule has 0 saturated carbocycles. The van der Waals surface area contributed by atoms with Crippen LogP contribution in [0.15, 0.2) is 36.2 Å². The van der Waals surface area contributed by atoms with Crippen LogP contribution in [0.4, 0.5) is 13.2 Å². The second-order valence-corrected chi connectivity index (χ2v) is 7.36. The number of hydrogen-bond donors (Lipinski definition) is 3. The molecule has 28 heavy (non-hydrogen) atoms. The number of carbonyl (C=O) groups is 1. The molecule has 5 N–H and O–H groups in total. The summed E-state index contributed by atoms with van der Waals surface area (Å²) in [6.07, 6.45) is -1.42. The van der Waals surface area contributed by atoms with Crippen molar-refractivity contribution in [2.24, 2.45) is 11.6 Å². The molecule has 0 spiro atoms. The first-order valence-electron chi connectivity index (χ1n) is 9.08. The lowest BCUT2D eigenvalue weighted by molar-refractivity contribution is -0.234. The van der Waals surface area contributed by atoms with E-state index in [1.165, 1.54) is 18.3 Å². The highest BCUT2D eigenvalue weighted by molar-refractivity contribution is 5.77. The number of amides is 1. The third-order valence-electron chi connectivity index (χ3n) is 4.86. The van der Waals surface area contributed by atoms with Crippen LogP contribution in [0.5, 0.6) is 5.75 Å². The van der Waals surface area contributed by atoms with Crippen molar-refractivity contribution in [1.82, 2.24) is 10.3 Å². The van der Waals surface area contributed by atoms with Gasteiger partial charge in [-0.15, -0.1) is 0 Å². The van der Waals surface area contributed by atoms with Gasteiger partial charge in [0.15, 0.2) is 5.60 Å². The van der Waals surface area contributed by atoms with E-state index in [1.54, 1.807) is 17.0 Å². The minimum absolute atomic E-state index is 0.0662. The maximum absolute atomic E-state index is 12.9. The van der Waals surface area contributed by atoms with Gasteiger partial charge in [0.2, 0.25) is 5.91 Å². The zero-order valence-corrected chi connectivity index (χ0v) is 16.1. The monoisotopic (exact) mass is 400 g/mol. The number of ether oxygens (including phenoxy) is 1. The van der Waals surface area contributed by atoms with Crippen LogP contribution in [0, 0.1) is 0 Å². The molecule has 0 aliphatic carbocycles. The van der Waals surface area contributed by atoms with E-state index in [1.807, 2.05) is 0 Å². The SMILES string of the molecule is CC(C)(Oc1ccc(C2CN(C(=O)CCC/C(=C/N)NN)C2)cc1)C(F)(F)F. The van der Waals surface area contributed by atoms with E-state index in [2.05, 4.69) is 5.43 Å². The number of nitrogens with two attached hydrogens (primary N) is 2. The summed E-state index contributed by atoms with van der Waals surface area (Å²) in [6.45, 7) is 3.18. The molecule has 0 radical (unpaired) electrons. The molecule has 1 saturated heterocycles. The van der Waals surface area contributed by atoms with Crippen molar-refractivity contribution in [3.05, 3.63) is 41.7 Å². The van der Waals surface area contributed by atoms with Gasteiger partial charge in [-0.2, -0.15) is 13.2 Å². The second kappa shape index (κ2) is 8.72. The molecule has 1 amide bonds. The van der Waals surface area contributed by atoms with Crippen molar-refractivity contribution in [3.63, 3.8) is 0 Å². The average Bonchev–Trinajstić information content (AvgIpc) is 2.57. The van der Waals surface area contributed by atoms with Crippen LogP contribution < -0.4 is 21.7 Å². The lowest BCUT2D eigenvalue weighted by Crippen LogP contribution is -2.48. The quantitative estimate of drug-likeness (QED) is 0.461. The summed E-state index contributed by atoms with van der Waals surface area (Å²) in [7, 11) is 0.